The molecule has 5 heteroatoms. The number of aliphatic hydroxyl groups is 1. The summed E-state index contributed by atoms with van der Waals surface area (Å²) in [5.74, 6) is 0.0992. The zero-order chi connectivity index (χ0) is 16.7. The lowest BCUT2D eigenvalue weighted by Crippen LogP contribution is -2.50. The van der Waals surface area contributed by atoms with Crippen LogP contribution in [-0.2, 0) is 11.2 Å². The average molecular weight is 320 g/mol. The second-order valence-electron chi connectivity index (χ2n) is 5.96. The number of benzene rings is 1. The molecule has 1 saturated heterocycles. The summed E-state index contributed by atoms with van der Waals surface area (Å²) in [5, 5.41) is 9.89. The van der Waals surface area contributed by atoms with Crippen LogP contribution in [0.1, 0.15) is 29.8 Å². The SMILES string of the molecule is CCOC[C@H](O)CN1CCN(C(=O)c2ccc(CC)cc2)CC1. The highest BCUT2D eigenvalue weighted by molar-refractivity contribution is 5.94. The Kier molecular flexibility index (Phi) is 7.02. The summed E-state index contributed by atoms with van der Waals surface area (Å²) < 4.78 is 5.23. The first-order chi connectivity index (χ1) is 11.1. The molecule has 1 N–H and O–H groups in total. The standard InChI is InChI=1S/C18H28N2O3/c1-3-15-5-7-16(8-6-15)18(22)20-11-9-19(10-12-20)13-17(21)14-23-4-2/h5-8,17,21H,3-4,9-14H2,1-2H3/t17-/m1/s1. The topological polar surface area (TPSA) is 53.0 Å². The van der Waals surface area contributed by atoms with Gasteiger partial charge in [0.2, 0.25) is 0 Å². The molecule has 1 aromatic rings. The lowest BCUT2D eigenvalue weighted by Gasteiger charge is -2.35. The number of amides is 1. The third-order valence-electron chi connectivity index (χ3n) is 4.25. The lowest BCUT2D eigenvalue weighted by atomic mass is 10.1. The molecule has 0 spiro atoms. The molecule has 1 aliphatic heterocycles. The predicted molar refractivity (Wildman–Crippen MR) is 90.7 cm³/mol. The highest BCUT2D eigenvalue weighted by atomic mass is 16.5. The third kappa shape index (κ3) is 5.30. The van der Waals surface area contributed by atoms with E-state index in [0.29, 0.717) is 32.8 Å². The zero-order valence-corrected chi connectivity index (χ0v) is 14.2. The number of carbonyl (C=O) groups is 1. The van der Waals surface area contributed by atoms with Gasteiger partial charge in [-0.05, 0) is 31.0 Å². The molecule has 1 fully saturated rings. The molecular formula is C18H28N2O3. The summed E-state index contributed by atoms with van der Waals surface area (Å²) in [6.07, 6.45) is 0.524. The fraction of sp³-hybridized carbons (Fsp3) is 0.611. The Morgan fingerprint density at radius 1 is 1.17 bits per heavy atom. The normalized spacial score (nSPS) is 17.3. The van der Waals surface area contributed by atoms with Crippen LogP contribution in [-0.4, -0.2) is 72.9 Å². The van der Waals surface area contributed by atoms with Gasteiger partial charge in [-0.25, -0.2) is 0 Å². The average Bonchev–Trinajstić information content (AvgIpc) is 2.60. The van der Waals surface area contributed by atoms with Crippen molar-refractivity contribution in [2.45, 2.75) is 26.4 Å². The van der Waals surface area contributed by atoms with Crippen molar-refractivity contribution in [3.8, 4) is 0 Å². The van der Waals surface area contributed by atoms with Crippen LogP contribution in [0.2, 0.25) is 0 Å². The highest BCUT2D eigenvalue weighted by Gasteiger charge is 2.23. The van der Waals surface area contributed by atoms with E-state index < -0.39 is 6.10 Å². The van der Waals surface area contributed by atoms with Gasteiger partial charge in [-0.15, -0.1) is 0 Å². The molecule has 0 saturated carbocycles. The van der Waals surface area contributed by atoms with Gasteiger partial charge in [-0.2, -0.15) is 0 Å². The van der Waals surface area contributed by atoms with Gasteiger partial charge in [0.1, 0.15) is 0 Å². The third-order valence-corrected chi connectivity index (χ3v) is 4.25. The van der Waals surface area contributed by atoms with Gasteiger partial charge in [-0.3, -0.25) is 9.69 Å². The molecule has 1 aromatic carbocycles. The first-order valence-corrected chi connectivity index (χ1v) is 8.50. The van der Waals surface area contributed by atoms with E-state index in [1.807, 2.05) is 36.1 Å². The molecule has 0 bridgehead atoms. The maximum Gasteiger partial charge on any atom is 0.253 e. The number of hydrogen-bond acceptors (Lipinski definition) is 4. The number of piperazine rings is 1. The van der Waals surface area contributed by atoms with Crippen LogP contribution in [0.4, 0.5) is 0 Å². The second-order valence-corrected chi connectivity index (χ2v) is 5.96. The monoisotopic (exact) mass is 320 g/mol. The summed E-state index contributed by atoms with van der Waals surface area (Å²) in [7, 11) is 0. The fourth-order valence-electron chi connectivity index (χ4n) is 2.80. The van der Waals surface area contributed by atoms with Gasteiger partial charge in [0.25, 0.3) is 5.91 Å². The minimum Gasteiger partial charge on any atom is -0.389 e. The van der Waals surface area contributed by atoms with Crippen molar-refractivity contribution < 1.29 is 14.6 Å². The number of carbonyl (C=O) groups excluding carboxylic acids is 1. The Bertz CT molecular complexity index is 482. The smallest absolute Gasteiger partial charge is 0.253 e. The molecule has 1 aliphatic rings. The van der Waals surface area contributed by atoms with Crippen LogP contribution < -0.4 is 0 Å². The van der Waals surface area contributed by atoms with Gasteiger partial charge in [-0.1, -0.05) is 19.1 Å². The zero-order valence-electron chi connectivity index (χ0n) is 14.2. The number of nitrogens with zero attached hydrogens (tertiary/aromatic N) is 2. The van der Waals surface area contributed by atoms with Gasteiger partial charge < -0.3 is 14.7 Å². The van der Waals surface area contributed by atoms with Crippen molar-refractivity contribution in [1.29, 1.82) is 0 Å². The molecule has 128 valence electrons. The van der Waals surface area contributed by atoms with E-state index in [0.717, 1.165) is 25.1 Å². The van der Waals surface area contributed by atoms with Crippen molar-refractivity contribution in [1.82, 2.24) is 9.80 Å². The summed E-state index contributed by atoms with van der Waals surface area (Å²) in [4.78, 5) is 16.6. The predicted octanol–water partition coefficient (Wildman–Crippen LogP) is 1.40. The number of hydrogen-bond donors (Lipinski definition) is 1. The van der Waals surface area contributed by atoms with Crippen molar-refractivity contribution >= 4 is 5.91 Å². The highest BCUT2D eigenvalue weighted by Crippen LogP contribution is 2.11. The first kappa shape index (κ1) is 17.9. The number of rotatable bonds is 7. The minimum absolute atomic E-state index is 0.0992. The molecule has 0 aromatic heterocycles. The largest absolute Gasteiger partial charge is 0.389 e. The van der Waals surface area contributed by atoms with Crippen molar-refractivity contribution in [2.24, 2.45) is 0 Å². The van der Waals surface area contributed by atoms with E-state index in [-0.39, 0.29) is 5.91 Å². The van der Waals surface area contributed by atoms with E-state index in [4.69, 9.17) is 4.74 Å². The fourth-order valence-corrected chi connectivity index (χ4v) is 2.80. The number of aryl methyl sites for hydroxylation is 1. The molecule has 1 heterocycles. The van der Waals surface area contributed by atoms with Crippen molar-refractivity contribution in [3.05, 3.63) is 35.4 Å². The Morgan fingerprint density at radius 3 is 2.39 bits per heavy atom. The summed E-state index contributed by atoms with van der Waals surface area (Å²) in [6.45, 7) is 8.62. The van der Waals surface area contributed by atoms with Gasteiger partial charge in [0.05, 0.1) is 12.7 Å². The maximum absolute atomic E-state index is 12.5. The number of ether oxygens (including phenoxy) is 1. The Hall–Kier alpha value is -1.43. The van der Waals surface area contributed by atoms with Crippen LogP contribution in [0.3, 0.4) is 0 Å². The summed E-state index contributed by atoms with van der Waals surface area (Å²) in [5.41, 5.74) is 2.00. The van der Waals surface area contributed by atoms with E-state index in [1.54, 1.807) is 0 Å². The van der Waals surface area contributed by atoms with Crippen molar-refractivity contribution in [2.75, 3.05) is 45.9 Å². The Morgan fingerprint density at radius 2 is 1.83 bits per heavy atom. The lowest BCUT2D eigenvalue weighted by molar-refractivity contribution is 0.0111. The van der Waals surface area contributed by atoms with E-state index in [9.17, 15) is 9.90 Å². The second kappa shape index (κ2) is 9.01. The molecule has 0 radical (unpaired) electrons. The number of β-amino-alcohol motifs (C(OH)–C–C–N with tert-alkyl or cyclic N) is 1. The Balaban J connectivity index is 1.80. The molecule has 0 aliphatic carbocycles. The van der Waals surface area contributed by atoms with Gasteiger partial charge >= 0.3 is 0 Å². The molecule has 23 heavy (non-hydrogen) atoms. The van der Waals surface area contributed by atoms with Crippen LogP contribution in [0.5, 0.6) is 0 Å². The van der Waals surface area contributed by atoms with Crippen LogP contribution in [0, 0.1) is 0 Å². The molecule has 1 atom stereocenters. The quantitative estimate of drug-likeness (QED) is 0.825. The first-order valence-electron chi connectivity index (χ1n) is 8.50. The summed E-state index contributed by atoms with van der Waals surface area (Å²) in [6, 6.07) is 7.87. The molecule has 1 amide bonds. The maximum atomic E-state index is 12.5. The molecule has 2 rings (SSSR count). The van der Waals surface area contributed by atoms with Crippen LogP contribution in [0.15, 0.2) is 24.3 Å². The molecule has 0 unspecified atom stereocenters. The van der Waals surface area contributed by atoms with E-state index >= 15 is 0 Å². The van der Waals surface area contributed by atoms with Gasteiger partial charge in [0, 0.05) is 44.9 Å². The summed E-state index contributed by atoms with van der Waals surface area (Å²) >= 11 is 0. The Labute approximate surface area is 138 Å². The molecular weight excluding hydrogens is 292 g/mol. The number of aliphatic hydroxyl groups excluding tert-OH is 1. The molecule has 5 nitrogen and oxygen atoms in total. The minimum atomic E-state index is -0.459. The van der Waals surface area contributed by atoms with Crippen molar-refractivity contribution in [3.63, 3.8) is 0 Å². The van der Waals surface area contributed by atoms with Crippen LogP contribution >= 0.6 is 0 Å². The van der Waals surface area contributed by atoms with E-state index in [1.165, 1.54) is 5.56 Å². The van der Waals surface area contributed by atoms with E-state index in [2.05, 4.69) is 11.8 Å². The van der Waals surface area contributed by atoms with Gasteiger partial charge in [0.15, 0.2) is 0 Å². The van der Waals surface area contributed by atoms with Crippen LogP contribution in [0.25, 0.3) is 0 Å².